The molecule has 0 aliphatic heterocycles. The normalized spacial score (nSPS) is 22.8. The molecule has 0 atom stereocenters. The Morgan fingerprint density at radius 2 is 2.00 bits per heavy atom. The molecule has 1 fully saturated rings. The summed E-state index contributed by atoms with van der Waals surface area (Å²) < 4.78 is 26.4. The van der Waals surface area contributed by atoms with Crippen LogP contribution >= 0.6 is 11.6 Å². The Kier molecular flexibility index (Phi) is 3.82. The van der Waals surface area contributed by atoms with Crippen LogP contribution in [0, 0.1) is 0 Å². The number of carboxylic acids is 1. The van der Waals surface area contributed by atoms with E-state index in [9.17, 15) is 13.2 Å². The Labute approximate surface area is 115 Å². The lowest BCUT2D eigenvalue weighted by molar-refractivity contribution is 0.0693. The largest absolute Gasteiger partial charge is 0.478 e. The molecule has 1 aliphatic rings. The van der Waals surface area contributed by atoms with Crippen LogP contribution in [0.1, 0.15) is 23.2 Å². The Balaban J connectivity index is 2.21. The summed E-state index contributed by atoms with van der Waals surface area (Å²) in [7, 11) is -3.75. The summed E-state index contributed by atoms with van der Waals surface area (Å²) >= 11 is 5.72. The lowest BCUT2D eigenvalue weighted by atomic mass is 9.91. The minimum atomic E-state index is -3.75. The van der Waals surface area contributed by atoms with Crippen LogP contribution < -0.4 is 4.72 Å². The smallest absolute Gasteiger partial charge is 0.337 e. The minimum Gasteiger partial charge on any atom is -0.478 e. The third kappa shape index (κ3) is 3.06. The first-order chi connectivity index (χ1) is 8.79. The van der Waals surface area contributed by atoms with Crippen molar-refractivity contribution in [3.8, 4) is 0 Å². The third-order valence-corrected chi connectivity index (χ3v) is 4.75. The molecule has 1 aromatic carbocycles. The van der Waals surface area contributed by atoms with Crippen molar-refractivity contribution in [2.75, 3.05) is 0 Å². The van der Waals surface area contributed by atoms with Gasteiger partial charge >= 0.3 is 5.97 Å². The second kappa shape index (κ2) is 5.09. The Hall–Kier alpha value is -1.15. The van der Waals surface area contributed by atoms with Crippen LogP contribution in [-0.2, 0) is 10.0 Å². The summed E-state index contributed by atoms with van der Waals surface area (Å²) in [6, 6.07) is 3.14. The third-order valence-electron chi connectivity index (χ3n) is 2.92. The summed E-state index contributed by atoms with van der Waals surface area (Å²) in [5.74, 6) is -1.22. The van der Waals surface area contributed by atoms with Crippen LogP contribution in [0.25, 0.3) is 0 Å². The first-order valence-electron chi connectivity index (χ1n) is 5.53. The van der Waals surface area contributed by atoms with E-state index in [4.69, 9.17) is 21.8 Å². The number of aliphatic hydroxyl groups is 1. The molecule has 0 saturated heterocycles. The molecule has 0 bridgehead atoms. The molecule has 8 heteroatoms. The zero-order chi connectivity index (χ0) is 14.2. The molecule has 0 heterocycles. The van der Waals surface area contributed by atoms with Gasteiger partial charge in [0.05, 0.1) is 21.6 Å². The molecule has 0 amide bonds. The molecule has 1 aliphatic carbocycles. The van der Waals surface area contributed by atoms with Crippen molar-refractivity contribution >= 4 is 27.6 Å². The highest BCUT2D eigenvalue weighted by atomic mass is 35.5. The molecule has 0 aromatic heterocycles. The van der Waals surface area contributed by atoms with Gasteiger partial charge in [-0.05, 0) is 31.0 Å². The maximum Gasteiger partial charge on any atom is 0.337 e. The van der Waals surface area contributed by atoms with Crippen LogP contribution in [-0.4, -0.2) is 36.7 Å². The number of halogens is 1. The van der Waals surface area contributed by atoms with E-state index in [1.165, 1.54) is 6.07 Å². The Morgan fingerprint density at radius 3 is 2.47 bits per heavy atom. The van der Waals surface area contributed by atoms with E-state index >= 15 is 0 Å². The SMILES string of the molecule is O=C(O)c1ccc(S(=O)(=O)NC2CC(O)C2)cc1Cl. The maximum absolute atomic E-state index is 12.0. The molecular formula is C11H12ClNO5S. The van der Waals surface area contributed by atoms with Gasteiger partial charge in [-0.3, -0.25) is 0 Å². The molecule has 6 nitrogen and oxygen atoms in total. The van der Waals surface area contributed by atoms with Crippen LogP contribution in [0.3, 0.4) is 0 Å². The molecular weight excluding hydrogens is 294 g/mol. The fourth-order valence-electron chi connectivity index (χ4n) is 1.81. The molecule has 19 heavy (non-hydrogen) atoms. The van der Waals surface area contributed by atoms with Gasteiger partial charge in [-0.2, -0.15) is 0 Å². The van der Waals surface area contributed by atoms with Gasteiger partial charge in [0.1, 0.15) is 0 Å². The van der Waals surface area contributed by atoms with Crippen molar-refractivity contribution in [1.82, 2.24) is 4.72 Å². The molecule has 0 spiro atoms. The summed E-state index contributed by atoms with van der Waals surface area (Å²) in [5, 5.41) is 17.8. The summed E-state index contributed by atoms with van der Waals surface area (Å²) in [6.07, 6.45) is 0.283. The lowest BCUT2D eigenvalue weighted by Crippen LogP contribution is -2.46. The van der Waals surface area contributed by atoms with E-state index < -0.39 is 22.1 Å². The second-order valence-electron chi connectivity index (χ2n) is 4.39. The quantitative estimate of drug-likeness (QED) is 0.765. The predicted octanol–water partition coefficient (Wildman–Crippen LogP) is 0.840. The van der Waals surface area contributed by atoms with Crippen molar-refractivity contribution in [1.29, 1.82) is 0 Å². The monoisotopic (exact) mass is 305 g/mol. The van der Waals surface area contributed by atoms with E-state index in [1.807, 2.05) is 0 Å². The number of benzene rings is 1. The minimum absolute atomic E-state index is 0.0936. The van der Waals surface area contributed by atoms with Gasteiger partial charge in [0.15, 0.2) is 0 Å². The average Bonchev–Trinajstić information content (AvgIpc) is 2.26. The first kappa shape index (κ1) is 14.3. The molecule has 1 saturated carbocycles. The fourth-order valence-corrected chi connectivity index (χ4v) is 3.42. The number of hydrogen-bond donors (Lipinski definition) is 3. The summed E-state index contributed by atoms with van der Waals surface area (Å²) in [5.41, 5.74) is -0.153. The topological polar surface area (TPSA) is 104 Å². The van der Waals surface area contributed by atoms with Crippen molar-refractivity contribution < 1.29 is 23.4 Å². The molecule has 0 unspecified atom stereocenters. The van der Waals surface area contributed by atoms with Crippen LogP contribution in [0.4, 0.5) is 0 Å². The van der Waals surface area contributed by atoms with E-state index in [1.54, 1.807) is 0 Å². The van der Waals surface area contributed by atoms with Crippen LogP contribution in [0.15, 0.2) is 23.1 Å². The number of carboxylic acid groups (broad SMARTS) is 1. The Bertz CT molecular complexity index is 610. The van der Waals surface area contributed by atoms with E-state index in [0.29, 0.717) is 12.8 Å². The van der Waals surface area contributed by atoms with Gasteiger partial charge in [-0.15, -0.1) is 0 Å². The fraction of sp³-hybridized carbons (Fsp3) is 0.364. The maximum atomic E-state index is 12.0. The lowest BCUT2D eigenvalue weighted by Gasteiger charge is -2.31. The number of sulfonamides is 1. The summed E-state index contributed by atoms with van der Waals surface area (Å²) in [4.78, 5) is 10.7. The standard InChI is InChI=1S/C11H12ClNO5S/c12-10-5-8(1-2-9(10)11(15)16)19(17,18)13-6-3-7(14)4-6/h1-2,5-7,13-14H,3-4H2,(H,15,16). The van der Waals surface area contributed by atoms with Gasteiger partial charge in [0, 0.05) is 6.04 Å². The van der Waals surface area contributed by atoms with Gasteiger partial charge < -0.3 is 10.2 Å². The van der Waals surface area contributed by atoms with E-state index in [2.05, 4.69) is 4.72 Å². The first-order valence-corrected chi connectivity index (χ1v) is 7.39. The highest BCUT2D eigenvalue weighted by Crippen LogP contribution is 2.24. The van der Waals surface area contributed by atoms with Crippen molar-refractivity contribution in [2.24, 2.45) is 0 Å². The molecule has 3 N–H and O–H groups in total. The molecule has 104 valence electrons. The van der Waals surface area contributed by atoms with Gasteiger partial charge in [0.2, 0.25) is 10.0 Å². The number of aliphatic hydroxyl groups excluding tert-OH is 1. The highest BCUT2D eigenvalue weighted by molar-refractivity contribution is 7.89. The zero-order valence-electron chi connectivity index (χ0n) is 9.71. The number of carbonyl (C=O) groups is 1. The zero-order valence-corrected chi connectivity index (χ0v) is 11.3. The highest BCUT2D eigenvalue weighted by Gasteiger charge is 2.31. The van der Waals surface area contributed by atoms with Gasteiger partial charge in [-0.25, -0.2) is 17.9 Å². The number of nitrogens with one attached hydrogen (secondary N) is 1. The average molecular weight is 306 g/mol. The summed E-state index contributed by atoms with van der Waals surface area (Å²) in [6.45, 7) is 0. The van der Waals surface area contributed by atoms with Crippen LogP contribution in [0.2, 0.25) is 5.02 Å². The second-order valence-corrected chi connectivity index (χ2v) is 6.51. The van der Waals surface area contributed by atoms with Gasteiger partial charge in [0.25, 0.3) is 0 Å². The van der Waals surface area contributed by atoms with Crippen LogP contribution in [0.5, 0.6) is 0 Å². The number of rotatable bonds is 4. The number of aromatic carboxylic acids is 1. The molecule has 1 aromatic rings. The van der Waals surface area contributed by atoms with E-state index in [0.717, 1.165) is 12.1 Å². The Morgan fingerprint density at radius 1 is 1.37 bits per heavy atom. The van der Waals surface area contributed by atoms with Crippen molar-refractivity contribution in [3.63, 3.8) is 0 Å². The molecule has 0 radical (unpaired) electrons. The molecule has 2 rings (SSSR count). The van der Waals surface area contributed by atoms with Crippen molar-refractivity contribution in [3.05, 3.63) is 28.8 Å². The van der Waals surface area contributed by atoms with E-state index in [-0.39, 0.29) is 21.5 Å². The predicted molar refractivity (Wildman–Crippen MR) is 67.8 cm³/mol. The van der Waals surface area contributed by atoms with Crippen molar-refractivity contribution in [2.45, 2.75) is 29.9 Å². The van der Waals surface area contributed by atoms with Gasteiger partial charge in [-0.1, -0.05) is 11.6 Å². The number of hydrogen-bond acceptors (Lipinski definition) is 4.